The van der Waals surface area contributed by atoms with E-state index in [0.29, 0.717) is 32.7 Å². The number of carbonyl (C=O) groups is 1. The number of nitro benzene ring substituents is 1. The molecule has 0 bridgehead atoms. The van der Waals surface area contributed by atoms with Gasteiger partial charge in [-0.1, -0.05) is 0 Å². The fraction of sp³-hybridized carbons (Fsp3) is 0.562. The Hall–Kier alpha value is -2.35. The standard InChI is InChI=1S/C16H23N5O3/c1-18(2)11-15(22)19-7-9-20(10-8-19)16-12-5-6-17-13(12)3-4-14(16)21(23)24/h3-4,17H,5-11H2,1-2H3. The highest BCUT2D eigenvalue weighted by atomic mass is 16.6. The van der Waals surface area contributed by atoms with Gasteiger partial charge in [-0.15, -0.1) is 0 Å². The number of rotatable bonds is 4. The third-order valence-corrected chi connectivity index (χ3v) is 4.55. The number of amides is 1. The molecule has 0 atom stereocenters. The van der Waals surface area contributed by atoms with E-state index in [4.69, 9.17) is 0 Å². The highest BCUT2D eigenvalue weighted by Gasteiger charge is 2.30. The number of nitro groups is 1. The highest BCUT2D eigenvalue weighted by molar-refractivity contribution is 5.80. The number of anilines is 2. The van der Waals surface area contributed by atoms with Crippen molar-refractivity contribution in [1.29, 1.82) is 0 Å². The molecular weight excluding hydrogens is 310 g/mol. The minimum absolute atomic E-state index is 0.106. The van der Waals surface area contributed by atoms with Crippen LogP contribution in [0.3, 0.4) is 0 Å². The minimum Gasteiger partial charge on any atom is -0.384 e. The van der Waals surface area contributed by atoms with Gasteiger partial charge in [-0.25, -0.2) is 0 Å². The molecule has 0 aliphatic carbocycles. The first-order valence-electron chi connectivity index (χ1n) is 8.19. The lowest BCUT2D eigenvalue weighted by Crippen LogP contribution is -2.51. The Kier molecular flexibility index (Phi) is 4.57. The predicted octanol–water partition coefficient (Wildman–Crippen LogP) is 0.773. The highest BCUT2D eigenvalue weighted by Crippen LogP contribution is 2.39. The van der Waals surface area contributed by atoms with Crippen molar-refractivity contribution in [2.24, 2.45) is 0 Å². The first kappa shape index (κ1) is 16.5. The van der Waals surface area contributed by atoms with E-state index in [0.717, 1.165) is 29.9 Å². The third kappa shape index (κ3) is 3.14. The second-order valence-corrected chi connectivity index (χ2v) is 6.50. The average molecular weight is 333 g/mol. The van der Waals surface area contributed by atoms with Gasteiger partial charge in [0, 0.05) is 50.0 Å². The third-order valence-electron chi connectivity index (χ3n) is 4.55. The van der Waals surface area contributed by atoms with E-state index < -0.39 is 0 Å². The summed E-state index contributed by atoms with van der Waals surface area (Å²) in [5.41, 5.74) is 2.90. The number of likely N-dealkylation sites (N-methyl/N-ethyl adjacent to an activating group) is 1. The number of nitrogens with one attached hydrogen (secondary N) is 1. The summed E-state index contributed by atoms with van der Waals surface area (Å²) in [4.78, 5) is 29.1. The molecule has 0 saturated carbocycles. The maximum absolute atomic E-state index is 12.2. The van der Waals surface area contributed by atoms with E-state index in [2.05, 4.69) is 10.2 Å². The van der Waals surface area contributed by atoms with Crippen LogP contribution in [0.25, 0.3) is 0 Å². The van der Waals surface area contributed by atoms with E-state index in [1.165, 1.54) is 0 Å². The quantitative estimate of drug-likeness (QED) is 0.647. The van der Waals surface area contributed by atoms with Crippen molar-refractivity contribution in [2.45, 2.75) is 6.42 Å². The van der Waals surface area contributed by atoms with Gasteiger partial charge < -0.3 is 20.0 Å². The summed E-state index contributed by atoms with van der Waals surface area (Å²) >= 11 is 0. The van der Waals surface area contributed by atoms with Crippen molar-refractivity contribution in [3.05, 3.63) is 27.8 Å². The van der Waals surface area contributed by atoms with Gasteiger partial charge in [-0.3, -0.25) is 14.9 Å². The Bertz CT molecular complexity index is 653. The largest absolute Gasteiger partial charge is 0.384 e. The van der Waals surface area contributed by atoms with Crippen molar-refractivity contribution in [1.82, 2.24) is 9.80 Å². The molecule has 8 heteroatoms. The fourth-order valence-electron chi connectivity index (χ4n) is 3.41. The molecule has 0 aromatic heterocycles. The maximum atomic E-state index is 12.2. The number of benzene rings is 1. The molecule has 24 heavy (non-hydrogen) atoms. The molecule has 0 unspecified atom stereocenters. The molecule has 1 aromatic rings. The monoisotopic (exact) mass is 333 g/mol. The molecule has 0 radical (unpaired) electrons. The Morgan fingerprint density at radius 1 is 1.29 bits per heavy atom. The SMILES string of the molecule is CN(C)CC(=O)N1CCN(c2c([N+](=O)[O-])ccc3c2CCN3)CC1. The van der Waals surface area contributed by atoms with Crippen molar-refractivity contribution < 1.29 is 9.72 Å². The number of fused-ring (bicyclic) bond motifs is 1. The van der Waals surface area contributed by atoms with Crippen LogP contribution in [0.2, 0.25) is 0 Å². The number of hydrogen-bond donors (Lipinski definition) is 1. The van der Waals surface area contributed by atoms with Crippen molar-refractivity contribution in [3.63, 3.8) is 0 Å². The molecular formula is C16H23N5O3. The van der Waals surface area contributed by atoms with Gasteiger partial charge in [0.1, 0.15) is 5.69 Å². The molecule has 1 fully saturated rings. The Morgan fingerprint density at radius 2 is 2.00 bits per heavy atom. The molecule has 1 saturated heterocycles. The number of carbonyl (C=O) groups excluding carboxylic acids is 1. The van der Waals surface area contributed by atoms with Gasteiger partial charge in [0.2, 0.25) is 5.91 Å². The number of piperazine rings is 1. The normalized spacial score (nSPS) is 17.0. The zero-order chi connectivity index (χ0) is 17.3. The molecule has 2 aliphatic rings. The zero-order valence-electron chi connectivity index (χ0n) is 14.1. The second kappa shape index (κ2) is 6.64. The molecule has 3 rings (SSSR count). The summed E-state index contributed by atoms with van der Waals surface area (Å²) in [6, 6.07) is 3.37. The van der Waals surface area contributed by atoms with E-state index in [1.807, 2.05) is 23.9 Å². The van der Waals surface area contributed by atoms with Gasteiger partial charge in [0.25, 0.3) is 5.69 Å². The maximum Gasteiger partial charge on any atom is 0.292 e. The second-order valence-electron chi connectivity index (χ2n) is 6.50. The minimum atomic E-state index is -0.308. The van der Waals surface area contributed by atoms with Gasteiger partial charge in [-0.05, 0) is 26.6 Å². The predicted molar refractivity (Wildman–Crippen MR) is 92.6 cm³/mol. The van der Waals surface area contributed by atoms with Gasteiger partial charge in [-0.2, -0.15) is 0 Å². The molecule has 8 nitrogen and oxygen atoms in total. The summed E-state index contributed by atoms with van der Waals surface area (Å²) in [5, 5.41) is 14.7. The lowest BCUT2D eigenvalue weighted by molar-refractivity contribution is -0.384. The van der Waals surface area contributed by atoms with Crippen LogP contribution in [0.5, 0.6) is 0 Å². The van der Waals surface area contributed by atoms with E-state index in [9.17, 15) is 14.9 Å². The average Bonchev–Trinajstić information content (AvgIpc) is 3.01. The molecule has 1 aromatic carbocycles. The van der Waals surface area contributed by atoms with Crippen LogP contribution in [0.1, 0.15) is 5.56 Å². The van der Waals surface area contributed by atoms with E-state index in [-0.39, 0.29) is 16.5 Å². The van der Waals surface area contributed by atoms with Gasteiger partial charge >= 0.3 is 0 Å². The fourth-order valence-corrected chi connectivity index (χ4v) is 3.41. The smallest absolute Gasteiger partial charge is 0.292 e. The van der Waals surface area contributed by atoms with Crippen molar-refractivity contribution in [3.8, 4) is 0 Å². The van der Waals surface area contributed by atoms with Gasteiger partial charge in [0.15, 0.2) is 0 Å². The number of nitrogens with zero attached hydrogens (tertiary/aromatic N) is 4. The molecule has 1 amide bonds. The first-order chi connectivity index (χ1) is 11.5. The summed E-state index contributed by atoms with van der Waals surface area (Å²) < 4.78 is 0. The van der Waals surface area contributed by atoms with Crippen LogP contribution < -0.4 is 10.2 Å². The lowest BCUT2D eigenvalue weighted by atomic mass is 10.1. The van der Waals surface area contributed by atoms with E-state index in [1.54, 1.807) is 12.1 Å². The number of hydrogen-bond acceptors (Lipinski definition) is 6. The topological polar surface area (TPSA) is 82.0 Å². The summed E-state index contributed by atoms with van der Waals surface area (Å²) in [6.07, 6.45) is 0.798. The van der Waals surface area contributed by atoms with Crippen LogP contribution >= 0.6 is 0 Å². The molecule has 2 aliphatic heterocycles. The van der Waals surface area contributed by atoms with Crippen LogP contribution in [-0.2, 0) is 11.2 Å². The molecule has 0 spiro atoms. The van der Waals surface area contributed by atoms with Crippen LogP contribution in [-0.4, -0.2) is 74.0 Å². The molecule has 1 N–H and O–H groups in total. The molecule has 130 valence electrons. The van der Waals surface area contributed by atoms with Crippen molar-refractivity contribution in [2.75, 3.05) is 63.6 Å². The lowest BCUT2D eigenvalue weighted by Gasteiger charge is -2.37. The summed E-state index contributed by atoms with van der Waals surface area (Å²) in [6.45, 7) is 3.64. The van der Waals surface area contributed by atoms with Gasteiger partial charge in [0.05, 0.1) is 11.5 Å². The summed E-state index contributed by atoms with van der Waals surface area (Å²) in [5.74, 6) is 0.106. The zero-order valence-corrected chi connectivity index (χ0v) is 14.1. The Morgan fingerprint density at radius 3 is 2.62 bits per heavy atom. The molecule has 2 heterocycles. The van der Waals surface area contributed by atoms with Crippen LogP contribution in [0.15, 0.2) is 12.1 Å². The van der Waals surface area contributed by atoms with Crippen LogP contribution in [0.4, 0.5) is 17.1 Å². The van der Waals surface area contributed by atoms with Crippen LogP contribution in [0, 0.1) is 10.1 Å². The summed E-state index contributed by atoms with van der Waals surface area (Å²) in [7, 11) is 3.75. The van der Waals surface area contributed by atoms with E-state index >= 15 is 0 Å². The first-order valence-corrected chi connectivity index (χ1v) is 8.19. The Labute approximate surface area is 141 Å². The Balaban J connectivity index is 1.78. The van der Waals surface area contributed by atoms with Crippen molar-refractivity contribution >= 4 is 23.0 Å².